The van der Waals surface area contributed by atoms with Crippen molar-refractivity contribution in [3.05, 3.63) is 65.9 Å². The number of methoxy groups -OCH3 is 2. The van der Waals surface area contributed by atoms with Crippen LogP contribution in [0.15, 0.2) is 53.3 Å². The minimum Gasteiger partial charge on any atom is -0.497 e. The van der Waals surface area contributed by atoms with Crippen LogP contribution in [0.5, 0.6) is 11.5 Å². The van der Waals surface area contributed by atoms with Crippen molar-refractivity contribution in [2.75, 3.05) is 14.2 Å². The number of ether oxygens (including phenoxy) is 3. The van der Waals surface area contributed by atoms with Crippen LogP contribution in [-0.2, 0) is 17.9 Å². The Kier molecular flexibility index (Phi) is 4.87. The lowest BCUT2D eigenvalue weighted by Gasteiger charge is -2.25. The molecule has 1 aliphatic rings. The molecule has 0 saturated carbocycles. The van der Waals surface area contributed by atoms with Gasteiger partial charge in [0.1, 0.15) is 23.4 Å². The molecule has 158 valence electrons. The third kappa shape index (κ3) is 3.53. The Morgan fingerprint density at radius 3 is 2.71 bits per heavy atom. The maximum atomic E-state index is 13.2. The van der Waals surface area contributed by atoms with Crippen molar-refractivity contribution in [3.8, 4) is 34.5 Å². The van der Waals surface area contributed by atoms with E-state index in [-0.39, 0.29) is 11.9 Å². The SMILES string of the molecule is COc1ccc(-c2noc(-c3ncn4c3CO[C@@H](c3ccc(F)cc3)C4)n2)c(OC)c1. The zero-order valence-electron chi connectivity index (χ0n) is 16.9. The van der Waals surface area contributed by atoms with Crippen LogP contribution in [0.4, 0.5) is 4.39 Å². The normalized spacial score (nSPS) is 15.5. The molecule has 0 aliphatic carbocycles. The van der Waals surface area contributed by atoms with Crippen LogP contribution >= 0.6 is 0 Å². The molecule has 0 saturated heterocycles. The molecular formula is C22H19FN4O4. The van der Waals surface area contributed by atoms with Crippen LogP contribution in [-0.4, -0.2) is 33.9 Å². The summed E-state index contributed by atoms with van der Waals surface area (Å²) in [4.78, 5) is 8.97. The number of imidazole rings is 1. The Labute approximate surface area is 177 Å². The van der Waals surface area contributed by atoms with E-state index in [1.165, 1.54) is 12.1 Å². The summed E-state index contributed by atoms with van der Waals surface area (Å²) in [5, 5.41) is 4.09. The number of hydrogen-bond acceptors (Lipinski definition) is 7. The molecule has 1 aliphatic heterocycles. The summed E-state index contributed by atoms with van der Waals surface area (Å²) in [6.07, 6.45) is 1.54. The van der Waals surface area contributed by atoms with Crippen LogP contribution in [0.2, 0.25) is 0 Å². The second-order valence-electron chi connectivity index (χ2n) is 7.03. The maximum Gasteiger partial charge on any atom is 0.278 e. The molecule has 4 aromatic rings. The van der Waals surface area contributed by atoms with Crippen molar-refractivity contribution >= 4 is 0 Å². The first kappa shape index (κ1) is 19.3. The van der Waals surface area contributed by atoms with Gasteiger partial charge in [-0.05, 0) is 29.8 Å². The summed E-state index contributed by atoms with van der Waals surface area (Å²) in [5.41, 5.74) is 3.01. The first-order valence-corrected chi connectivity index (χ1v) is 9.64. The third-order valence-corrected chi connectivity index (χ3v) is 5.25. The van der Waals surface area contributed by atoms with Gasteiger partial charge in [0.15, 0.2) is 5.69 Å². The number of rotatable bonds is 5. The Bertz CT molecular complexity index is 1220. The lowest BCUT2D eigenvalue weighted by atomic mass is 10.1. The second kappa shape index (κ2) is 7.84. The second-order valence-corrected chi connectivity index (χ2v) is 7.03. The molecule has 8 nitrogen and oxygen atoms in total. The number of benzene rings is 2. The molecule has 2 aromatic carbocycles. The Hall–Kier alpha value is -3.72. The predicted molar refractivity (Wildman–Crippen MR) is 108 cm³/mol. The maximum absolute atomic E-state index is 13.2. The van der Waals surface area contributed by atoms with E-state index in [1.807, 2.05) is 10.6 Å². The van der Waals surface area contributed by atoms with Crippen molar-refractivity contribution in [1.29, 1.82) is 0 Å². The van der Waals surface area contributed by atoms with E-state index in [2.05, 4.69) is 15.1 Å². The zero-order chi connectivity index (χ0) is 21.4. The van der Waals surface area contributed by atoms with E-state index >= 15 is 0 Å². The molecule has 0 spiro atoms. The summed E-state index contributed by atoms with van der Waals surface area (Å²) < 4.78 is 37.3. The first-order chi connectivity index (χ1) is 15.2. The molecule has 2 aromatic heterocycles. The Balaban J connectivity index is 1.42. The highest BCUT2D eigenvalue weighted by Crippen LogP contribution is 2.35. The Morgan fingerprint density at radius 1 is 1.10 bits per heavy atom. The summed E-state index contributed by atoms with van der Waals surface area (Å²) in [7, 11) is 3.16. The zero-order valence-corrected chi connectivity index (χ0v) is 16.9. The fraction of sp³-hybridized carbons (Fsp3) is 0.227. The topological polar surface area (TPSA) is 84.4 Å². The highest BCUT2D eigenvalue weighted by Gasteiger charge is 2.27. The molecule has 0 amide bonds. The van der Waals surface area contributed by atoms with Crippen LogP contribution in [0, 0.1) is 5.82 Å². The van der Waals surface area contributed by atoms with Crippen molar-refractivity contribution in [1.82, 2.24) is 19.7 Å². The van der Waals surface area contributed by atoms with Gasteiger partial charge in [-0.15, -0.1) is 0 Å². The third-order valence-electron chi connectivity index (χ3n) is 5.25. The molecule has 9 heteroatoms. The van der Waals surface area contributed by atoms with E-state index in [1.54, 1.807) is 44.8 Å². The van der Waals surface area contributed by atoms with Gasteiger partial charge in [0.05, 0.1) is 45.0 Å². The number of halogens is 1. The highest BCUT2D eigenvalue weighted by molar-refractivity contribution is 5.67. The van der Waals surface area contributed by atoms with Gasteiger partial charge in [0.25, 0.3) is 5.89 Å². The standard InChI is InChI=1S/C22H19FN4O4/c1-28-15-7-8-16(18(9-15)29-2)21-25-22(31-26-21)20-17-11-30-19(10-27(17)12-24-20)13-3-5-14(23)6-4-13/h3-9,12,19H,10-11H2,1-2H3/t19-/m1/s1. The largest absolute Gasteiger partial charge is 0.497 e. The molecule has 5 rings (SSSR count). The Morgan fingerprint density at radius 2 is 1.94 bits per heavy atom. The van der Waals surface area contributed by atoms with Gasteiger partial charge in [0, 0.05) is 6.07 Å². The van der Waals surface area contributed by atoms with E-state index in [4.69, 9.17) is 18.7 Å². The van der Waals surface area contributed by atoms with E-state index < -0.39 is 0 Å². The van der Waals surface area contributed by atoms with Gasteiger partial charge in [-0.25, -0.2) is 9.37 Å². The van der Waals surface area contributed by atoms with Gasteiger partial charge < -0.3 is 23.3 Å². The molecule has 31 heavy (non-hydrogen) atoms. The summed E-state index contributed by atoms with van der Waals surface area (Å²) in [5.74, 6) is 1.65. The lowest BCUT2D eigenvalue weighted by molar-refractivity contribution is 0.00326. The highest BCUT2D eigenvalue weighted by atomic mass is 19.1. The minimum atomic E-state index is -0.272. The van der Waals surface area contributed by atoms with Crippen LogP contribution < -0.4 is 9.47 Å². The monoisotopic (exact) mass is 422 g/mol. The molecule has 0 radical (unpaired) electrons. The van der Waals surface area contributed by atoms with Crippen LogP contribution in [0.3, 0.4) is 0 Å². The molecule has 0 bridgehead atoms. The first-order valence-electron chi connectivity index (χ1n) is 9.64. The smallest absolute Gasteiger partial charge is 0.278 e. The quantitative estimate of drug-likeness (QED) is 0.480. The molecule has 1 atom stereocenters. The van der Waals surface area contributed by atoms with Gasteiger partial charge in [0.2, 0.25) is 5.82 Å². The molecule has 0 unspecified atom stereocenters. The predicted octanol–water partition coefficient (Wildman–Crippen LogP) is 4.03. The molecule has 0 fully saturated rings. The van der Waals surface area contributed by atoms with Crippen molar-refractivity contribution in [3.63, 3.8) is 0 Å². The minimum absolute atomic E-state index is 0.183. The van der Waals surface area contributed by atoms with Crippen LogP contribution in [0.25, 0.3) is 23.0 Å². The lowest BCUT2D eigenvalue weighted by Crippen LogP contribution is -2.20. The van der Waals surface area contributed by atoms with Gasteiger partial charge in [-0.1, -0.05) is 17.3 Å². The fourth-order valence-electron chi connectivity index (χ4n) is 3.60. The summed E-state index contributed by atoms with van der Waals surface area (Å²) >= 11 is 0. The van der Waals surface area contributed by atoms with Gasteiger partial charge >= 0.3 is 0 Å². The van der Waals surface area contributed by atoms with Crippen LogP contribution in [0.1, 0.15) is 17.4 Å². The van der Waals surface area contributed by atoms with Crippen molar-refractivity contribution in [2.24, 2.45) is 0 Å². The van der Waals surface area contributed by atoms with E-state index in [9.17, 15) is 4.39 Å². The number of aromatic nitrogens is 4. The molecule has 3 heterocycles. The van der Waals surface area contributed by atoms with Gasteiger partial charge in [-0.3, -0.25) is 0 Å². The average Bonchev–Trinajstić information content (AvgIpc) is 3.45. The molecule has 0 N–H and O–H groups in total. The number of hydrogen-bond donors (Lipinski definition) is 0. The van der Waals surface area contributed by atoms with Crippen molar-refractivity contribution < 1.29 is 23.1 Å². The number of nitrogens with zero attached hydrogens (tertiary/aromatic N) is 4. The van der Waals surface area contributed by atoms with Crippen molar-refractivity contribution in [2.45, 2.75) is 19.3 Å². The summed E-state index contributed by atoms with van der Waals surface area (Å²) in [6, 6.07) is 11.7. The molecular weight excluding hydrogens is 403 g/mol. The average molecular weight is 422 g/mol. The van der Waals surface area contributed by atoms with E-state index in [0.29, 0.717) is 47.6 Å². The van der Waals surface area contributed by atoms with Gasteiger partial charge in [-0.2, -0.15) is 4.98 Å². The summed E-state index contributed by atoms with van der Waals surface area (Å²) in [6.45, 7) is 0.877. The fourth-order valence-corrected chi connectivity index (χ4v) is 3.60. The van der Waals surface area contributed by atoms with E-state index in [0.717, 1.165) is 11.3 Å². The number of fused-ring (bicyclic) bond motifs is 1.